The van der Waals surface area contributed by atoms with E-state index in [0.717, 1.165) is 81.9 Å². The van der Waals surface area contributed by atoms with Crippen LogP contribution in [0.5, 0.6) is 0 Å². The summed E-state index contributed by atoms with van der Waals surface area (Å²) in [5, 5.41) is 6.27. The van der Waals surface area contributed by atoms with Gasteiger partial charge in [0.05, 0.1) is 12.2 Å². The Kier molecular flexibility index (Phi) is 16.1. The molecule has 4 fully saturated rings. The Hall–Kier alpha value is -5.16. The number of halogens is 2. The van der Waals surface area contributed by atoms with Crippen molar-refractivity contribution in [3.05, 3.63) is 58.9 Å². The molecule has 0 saturated carbocycles. The number of imide groups is 1. The molecule has 1 aliphatic carbocycles. The van der Waals surface area contributed by atoms with E-state index < -0.39 is 24.5 Å². The van der Waals surface area contributed by atoms with Crippen LogP contribution in [0.15, 0.2) is 47.3 Å². The Bertz CT molecular complexity index is 2050. The van der Waals surface area contributed by atoms with E-state index in [9.17, 15) is 32.8 Å². The molecule has 5 heterocycles. The van der Waals surface area contributed by atoms with E-state index in [0.29, 0.717) is 75.4 Å². The number of rotatable bonds is 17. The SMILES string of the molecule is CN=CC(=CN)c1cc2c(cc1C(F)F)N(C(N)C1CN(C(C)=O)CCC1NC1CCN(C(=O)CCCCCCCCN3C(=O)N(C4CCC(=O)NC4=O)C4=CC=CCC43)CC1)CCC2. The zero-order valence-corrected chi connectivity index (χ0v) is 38.1. The van der Waals surface area contributed by atoms with Crippen molar-refractivity contribution in [1.82, 2.24) is 30.2 Å². The molecule has 7 rings (SSSR count). The van der Waals surface area contributed by atoms with E-state index in [1.165, 1.54) is 12.4 Å². The highest BCUT2D eigenvalue weighted by atomic mass is 19.3. The first-order valence-electron chi connectivity index (χ1n) is 23.8. The molecule has 0 bridgehead atoms. The Morgan fingerprint density at radius 2 is 1.69 bits per heavy atom. The molecule has 5 unspecified atom stereocenters. The number of allylic oxidation sites excluding steroid dienone is 3. The number of urea groups is 1. The third kappa shape index (κ3) is 10.9. The monoisotopic (exact) mass is 903 g/mol. The number of likely N-dealkylation sites (tertiary alicyclic amines) is 2. The van der Waals surface area contributed by atoms with Crippen molar-refractivity contribution in [2.75, 3.05) is 51.2 Å². The van der Waals surface area contributed by atoms with Gasteiger partial charge in [-0.3, -0.25) is 34.4 Å². The highest BCUT2D eigenvalue weighted by Gasteiger charge is 2.48. The Balaban J connectivity index is 0.850. The average Bonchev–Trinajstić information content (AvgIpc) is 3.58. The number of piperidine rings is 3. The lowest BCUT2D eigenvalue weighted by Crippen LogP contribution is -2.63. The zero-order chi connectivity index (χ0) is 46.2. The second-order valence-electron chi connectivity index (χ2n) is 18.5. The molecule has 0 radical (unpaired) electrons. The number of aryl methyl sites for hydroxylation is 1. The number of nitrogens with one attached hydrogen (secondary N) is 2. The minimum atomic E-state index is -2.73. The van der Waals surface area contributed by atoms with E-state index in [4.69, 9.17) is 11.5 Å². The van der Waals surface area contributed by atoms with Crippen molar-refractivity contribution in [2.24, 2.45) is 22.4 Å². The van der Waals surface area contributed by atoms with E-state index in [1.807, 2.05) is 32.9 Å². The lowest BCUT2D eigenvalue weighted by molar-refractivity contribution is -0.136. The maximum absolute atomic E-state index is 14.6. The summed E-state index contributed by atoms with van der Waals surface area (Å²) in [4.78, 5) is 77.2. The topological polar surface area (TPSA) is 190 Å². The summed E-state index contributed by atoms with van der Waals surface area (Å²) in [7, 11) is 1.58. The summed E-state index contributed by atoms with van der Waals surface area (Å²) in [5.74, 6) is -0.695. The first-order chi connectivity index (χ1) is 31.4. The molecule has 0 spiro atoms. The molecule has 15 nitrogen and oxygen atoms in total. The highest BCUT2D eigenvalue weighted by molar-refractivity contribution is 6.10. The number of carbonyl (C=O) groups excluding carboxylic acids is 5. The number of nitrogens with zero attached hydrogens (tertiary/aromatic N) is 6. The van der Waals surface area contributed by atoms with Crippen molar-refractivity contribution in [2.45, 2.75) is 140 Å². The van der Waals surface area contributed by atoms with Crippen LogP contribution < -0.4 is 27.0 Å². The lowest BCUT2D eigenvalue weighted by atomic mass is 9.85. The predicted octanol–water partition coefficient (Wildman–Crippen LogP) is 4.97. The first-order valence-corrected chi connectivity index (χ1v) is 23.8. The number of anilines is 1. The van der Waals surface area contributed by atoms with Crippen LogP contribution in [0.25, 0.3) is 5.57 Å². The van der Waals surface area contributed by atoms with Crippen LogP contribution in [0.4, 0.5) is 19.3 Å². The van der Waals surface area contributed by atoms with Crippen LogP contribution >= 0.6 is 0 Å². The molecule has 5 aliphatic heterocycles. The normalized spacial score (nSPS) is 24.8. The summed E-state index contributed by atoms with van der Waals surface area (Å²) < 4.78 is 29.1. The van der Waals surface area contributed by atoms with Gasteiger partial charge in [0.1, 0.15) is 6.04 Å². The Morgan fingerprint density at radius 1 is 0.954 bits per heavy atom. The molecular weight excluding hydrogens is 835 g/mol. The van der Waals surface area contributed by atoms with E-state index in [2.05, 4.69) is 20.5 Å². The second-order valence-corrected chi connectivity index (χ2v) is 18.5. The molecule has 6 aliphatic rings. The number of nitrogens with two attached hydrogens (primary N) is 2. The molecule has 354 valence electrons. The highest BCUT2D eigenvalue weighted by Crippen LogP contribution is 2.39. The minimum Gasteiger partial charge on any atom is -0.404 e. The number of amides is 6. The molecule has 1 aromatic rings. The number of carbonyl (C=O) groups is 5. The molecule has 5 atom stereocenters. The summed E-state index contributed by atoms with van der Waals surface area (Å²) in [6, 6.07) is 2.63. The van der Waals surface area contributed by atoms with Crippen molar-refractivity contribution >= 4 is 47.1 Å². The fourth-order valence-electron chi connectivity index (χ4n) is 10.8. The average molecular weight is 903 g/mol. The van der Waals surface area contributed by atoms with Crippen LogP contribution in [-0.2, 0) is 25.6 Å². The van der Waals surface area contributed by atoms with Gasteiger partial charge in [0.25, 0.3) is 6.43 Å². The zero-order valence-electron chi connectivity index (χ0n) is 38.1. The molecule has 17 heteroatoms. The Morgan fingerprint density at radius 3 is 2.40 bits per heavy atom. The number of unbranched alkanes of at least 4 members (excludes halogenated alkanes) is 5. The lowest BCUT2D eigenvalue weighted by Gasteiger charge is -2.48. The largest absolute Gasteiger partial charge is 0.404 e. The quantitative estimate of drug-likeness (QED) is 0.0952. The summed E-state index contributed by atoms with van der Waals surface area (Å²) >= 11 is 0. The van der Waals surface area contributed by atoms with Gasteiger partial charge in [0, 0.05) is 119 Å². The van der Waals surface area contributed by atoms with Crippen LogP contribution in [0.2, 0.25) is 0 Å². The fraction of sp³-hybridized carbons (Fsp3) is 0.625. The summed E-state index contributed by atoms with van der Waals surface area (Å²) in [6.07, 6.45) is 16.7. The summed E-state index contributed by atoms with van der Waals surface area (Å²) in [5.41, 5.74) is 16.1. The van der Waals surface area contributed by atoms with Gasteiger partial charge in [-0.15, -0.1) is 0 Å². The number of hydrogen-bond donors (Lipinski definition) is 4. The smallest absolute Gasteiger partial charge is 0.325 e. The first kappa shape index (κ1) is 47.8. The van der Waals surface area contributed by atoms with E-state index in [-0.39, 0.29) is 59.8 Å². The van der Waals surface area contributed by atoms with Gasteiger partial charge in [-0.2, -0.15) is 0 Å². The molecule has 1 aromatic carbocycles. The number of aliphatic imine (C=N–C) groups is 1. The second kappa shape index (κ2) is 21.9. The Labute approximate surface area is 381 Å². The fourth-order valence-corrected chi connectivity index (χ4v) is 10.8. The van der Waals surface area contributed by atoms with Gasteiger partial charge in [-0.1, -0.05) is 37.8 Å². The molecule has 4 saturated heterocycles. The van der Waals surface area contributed by atoms with Crippen molar-refractivity contribution in [3.63, 3.8) is 0 Å². The van der Waals surface area contributed by atoms with Gasteiger partial charge in [-0.05, 0) is 87.1 Å². The number of benzene rings is 1. The van der Waals surface area contributed by atoms with Gasteiger partial charge < -0.3 is 36.4 Å². The van der Waals surface area contributed by atoms with Gasteiger partial charge in [-0.25, -0.2) is 13.6 Å². The van der Waals surface area contributed by atoms with Crippen molar-refractivity contribution < 1.29 is 32.8 Å². The van der Waals surface area contributed by atoms with Crippen LogP contribution in [-0.4, -0.2) is 132 Å². The van der Waals surface area contributed by atoms with Crippen molar-refractivity contribution in [1.29, 1.82) is 0 Å². The molecule has 0 aromatic heterocycles. The molecule has 6 N–H and O–H groups in total. The maximum Gasteiger partial charge on any atom is 0.325 e. The predicted molar refractivity (Wildman–Crippen MR) is 247 cm³/mol. The van der Waals surface area contributed by atoms with Gasteiger partial charge >= 0.3 is 6.03 Å². The van der Waals surface area contributed by atoms with Crippen LogP contribution in [0.3, 0.4) is 0 Å². The third-order valence-corrected chi connectivity index (χ3v) is 14.4. The third-order valence-electron chi connectivity index (χ3n) is 14.4. The standard InChI is InChI=1S/C48H68F2N10O5/c1-31(61)57-25-20-38(37(30-57)46(52)58-22-11-12-32-26-35(33(28-51)29-53-2)36(45(49)50)27-42(32)58)54-34-18-23-56(24-19-34)44(63)15-7-5-3-4-6-10-21-59-39-13-8-9-14-40(39)60(48(59)65)41-16-17-43(62)55-47(41)64/h8-9,14,26-29,34,37-39,41,45-46,54H,3-7,10-13,15-25,30,51-52H2,1-2H3,(H,55,62,64). The number of hydrogen-bond acceptors (Lipinski definition) is 10. The van der Waals surface area contributed by atoms with Crippen LogP contribution in [0.1, 0.15) is 120 Å². The minimum absolute atomic E-state index is 0.00158. The van der Waals surface area contributed by atoms with Crippen molar-refractivity contribution in [3.8, 4) is 0 Å². The maximum atomic E-state index is 14.6. The van der Waals surface area contributed by atoms with Gasteiger partial charge in [0.2, 0.25) is 23.6 Å². The van der Waals surface area contributed by atoms with E-state index in [1.54, 1.807) is 31.0 Å². The summed E-state index contributed by atoms with van der Waals surface area (Å²) in [6.45, 7) is 5.20. The van der Waals surface area contributed by atoms with E-state index >= 15 is 0 Å². The molecular formula is C48H68F2N10O5. The van der Waals surface area contributed by atoms with Gasteiger partial charge in [0.15, 0.2) is 0 Å². The number of alkyl halides is 2. The molecule has 65 heavy (non-hydrogen) atoms. The molecule has 6 amide bonds. The number of fused-ring (bicyclic) bond motifs is 2. The van der Waals surface area contributed by atoms with Crippen LogP contribution in [0, 0.1) is 5.92 Å².